The highest BCUT2D eigenvalue weighted by Gasteiger charge is 2.12. The van der Waals surface area contributed by atoms with Crippen LogP contribution in [0.25, 0.3) is 0 Å². The standard InChI is InChI=1S/C15H24FNO/c1-2-3-4-5-6-7-8-11-14(18)15-13(16)10-9-12-17-15/h9-10,12,14,18H,2-8,11H2,1H3. The Kier molecular flexibility index (Phi) is 7.58. The highest BCUT2D eigenvalue weighted by molar-refractivity contribution is 5.09. The first-order valence-electron chi connectivity index (χ1n) is 7.04. The number of aromatic nitrogens is 1. The lowest BCUT2D eigenvalue weighted by Crippen LogP contribution is -2.03. The van der Waals surface area contributed by atoms with Crippen molar-refractivity contribution in [2.24, 2.45) is 0 Å². The molecule has 0 saturated carbocycles. The number of pyridine rings is 1. The normalized spacial score (nSPS) is 12.6. The fourth-order valence-corrected chi connectivity index (χ4v) is 2.07. The molecule has 0 saturated heterocycles. The first-order chi connectivity index (χ1) is 8.75. The summed E-state index contributed by atoms with van der Waals surface area (Å²) >= 11 is 0. The Labute approximate surface area is 109 Å². The van der Waals surface area contributed by atoms with Crippen molar-refractivity contribution in [3.63, 3.8) is 0 Å². The van der Waals surface area contributed by atoms with Crippen LogP contribution in [0, 0.1) is 5.82 Å². The van der Waals surface area contributed by atoms with Gasteiger partial charge in [0, 0.05) is 6.20 Å². The van der Waals surface area contributed by atoms with E-state index < -0.39 is 11.9 Å². The quantitative estimate of drug-likeness (QED) is 0.662. The summed E-state index contributed by atoms with van der Waals surface area (Å²) in [5.74, 6) is -0.409. The number of aliphatic hydroxyl groups is 1. The van der Waals surface area contributed by atoms with Crippen LogP contribution in [0.5, 0.6) is 0 Å². The lowest BCUT2D eigenvalue weighted by Gasteiger charge is -2.10. The van der Waals surface area contributed by atoms with Gasteiger partial charge in [-0.05, 0) is 18.6 Å². The summed E-state index contributed by atoms with van der Waals surface area (Å²) in [7, 11) is 0. The average Bonchev–Trinajstić information content (AvgIpc) is 2.38. The molecule has 1 atom stereocenters. The van der Waals surface area contributed by atoms with Gasteiger partial charge >= 0.3 is 0 Å². The Morgan fingerprint density at radius 1 is 1.17 bits per heavy atom. The number of unbranched alkanes of at least 4 members (excludes halogenated alkanes) is 6. The first kappa shape index (κ1) is 15.1. The minimum atomic E-state index is -0.762. The molecule has 0 bridgehead atoms. The molecule has 0 aromatic carbocycles. The van der Waals surface area contributed by atoms with E-state index in [1.807, 2.05) is 0 Å². The van der Waals surface area contributed by atoms with Crippen molar-refractivity contribution in [2.75, 3.05) is 0 Å². The van der Waals surface area contributed by atoms with Crippen molar-refractivity contribution in [2.45, 2.75) is 64.4 Å². The van der Waals surface area contributed by atoms with E-state index in [4.69, 9.17) is 0 Å². The summed E-state index contributed by atoms with van der Waals surface area (Å²) in [6.45, 7) is 2.21. The summed E-state index contributed by atoms with van der Waals surface area (Å²) in [6, 6.07) is 2.88. The molecule has 0 spiro atoms. The summed E-state index contributed by atoms with van der Waals surface area (Å²) in [5, 5.41) is 9.84. The molecular formula is C15H24FNO. The van der Waals surface area contributed by atoms with Gasteiger partial charge in [0.15, 0.2) is 0 Å². The van der Waals surface area contributed by atoms with E-state index in [0.29, 0.717) is 6.42 Å². The summed E-state index contributed by atoms with van der Waals surface area (Å²) in [5.41, 5.74) is 0.184. The molecule has 0 aliphatic heterocycles. The smallest absolute Gasteiger partial charge is 0.147 e. The van der Waals surface area contributed by atoms with Gasteiger partial charge in [-0.25, -0.2) is 4.39 Å². The predicted octanol–water partition coefficient (Wildman–Crippen LogP) is 4.39. The van der Waals surface area contributed by atoms with E-state index in [-0.39, 0.29) is 5.69 Å². The maximum Gasteiger partial charge on any atom is 0.147 e. The maximum absolute atomic E-state index is 13.3. The average molecular weight is 253 g/mol. The lowest BCUT2D eigenvalue weighted by atomic mass is 10.0. The third-order valence-corrected chi connectivity index (χ3v) is 3.18. The monoisotopic (exact) mass is 253 g/mol. The second-order valence-corrected chi connectivity index (χ2v) is 4.80. The number of hydrogen-bond acceptors (Lipinski definition) is 2. The summed E-state index contributed by atoms with van der Waals surface area (Å²) < 4.78 is 13.3. The first-order valence-corrected chi connectivity index (χ1v) is 7.04. The zero-order chi connectivity index (χ0) is 13.2. The molecule has 0 aliphatic rings. The van der Waals surface area contributed by atoms with Gasteiger partial charge in [-0.2, -0.15) is 0 Å². The van der Waals surface area contributed by atoms with Crippen LogP contribution in [-0.4, -0.2) is 10.1 Å². The van der Waals surface area contributed by atoms with E-state index in [0.717, 1.165) is 12.8 Å². The molecule has 2 nitrogen and oxygen atoms in total. The van der Waals surface area contributed by atoms with Crippen LogP contribution in [0.1, 0.15) is 70.1 Å². The topological polar surface area (TPSA) is 33.1 Å². The zero-order valence-corrected chi connectivity index (χ0v) is 11.2. The Hall–Kier alpha value is -0.960. The van der Waals surface area contributed by atoms with E-state index in [1.165, 1.54) is 44.4 Å². The van der Waals surface area contributed by atoms with Gasteiger partial charge in [0.25, 0.3) is 0 Å². The van der Waals surface area contributed by atoms with Crippen LogP contribution in [-0.2, 0) is 0 Å². The third-order valence-electron chi connectivity index (χ3n) is 3.18. The number of rotatable bonds is 9. The molecule has 0 radical (unpaired) electrons. The van der Waals surface area contributed by atoms with Gasteiger partial charge in [0.1, 0.15) is 11.5 Å². The molecule has 18 heavy (non-hydrogen) atoms. The Morgan fingerprint density at radius 2 is 1.83 bits per heavy atom. The number of aliphatic hydroxyl groups excluding tert-OH is 1. The second-order valence-electron chi connectivity index (χ2n) is 4.80. The van der Waals surface area contributed by atoms with E-state index in [9.17, 15) is 9.50 Å². The summed E-state index contributed by atoms with van der Waals surface area (Å²) in [4.78, 5) is 3.89. The van der Waals surface area contributed by atoms with Gasteiger partial charge < -0.3 is 5.11 Å². The molecule has 0 fully saturated rings. The minimum absolute atomic E-state index is 0.184. The van der Waals surface area contributed by atoms with E-state index in [1.54, 1.807) is 6.07 Å². The van der Waals surface area contributed by atoms with Crippen LogP contribution in [0.3, 0.4) is 0 Å². The van der Waals surface area contributed by atoms with Crippen molar-refractivity contribution in [1.29, 1.82) is 0 Å². The molecule has 1 aromatic heterocycles. The molecular weight excluding hydrogens is 229 g/mol. The van der Waals surface area contributed by atoms with Crippen LogP contribution in [0.2, 0.25) is 0 Å². The van der Waals surface area contributed by atoms with Gasteiger partial charge in [-0.1, -0.05) is 51.9 Å². The highest BCUT2D eigenvalue weighted by Crippen LogP contribution is 2.20. The molecule has 3 heteroatoms. The second kappa shape index (κ2) is 9.03. The Bertz CT molecular complexity index is 330. The van der Waals surface area contributed by atoms with Crippen LogP contribution >= 0.6 is 0 Å². The lowest BCUT2D eigenvalue weighted by molar-refractivity contribution is 0.153. The fourth-order valence-electron chi connectivity index (χ4n) is 2.07. The number of nitrogens with zero attached hydrogens (tertiary/aromatic N) is 1. The molecule has 1 unspecified atom stereocenters. The Morgan fingerprint density at radius 3 is 2.50 bits per heavy atom. The molecule has 1 aromatic rings. The minimum Gasteiger partial charge on any atom is -0.387 e. The van der Waals surface area contributed by atoms with Crippen LogP contribution < -0.4 is 0 Å². The van der Waals surface area contributed by atoms with Crippen molar-refractivity contribution in [3.8, 4) is 0 Å². The Balaban J connectivity index is 2.14. The fraction of sp³-hybridized carbons (Fsp3) is 0.667. The highest BCUT2D eigenvalue weighted by atomic mass is 19.1. The molecule has 1 heterocycles. The molecule has 1 N–H and O–H groups in total. The van der Waals surface area contributed by atoms with Crippen LogP contribution in [0.15, 0.2) is 18.3 Å². The molecule has 1 rings (SSSR count). The van der Waals surface area contributed by atoms with Gasteiger partial charge in [0.05, 0.1) is 6.10 Å². The number of hydrogen-bond donors (Lipinski definition) is 1. The molecule has 102 valence electrons. The maximum atomic E-state index is 13.3. The van der Waals surface area contributed by atoms with E-state index in [2.05, 4.69) is 11.9 Å². The zero-order valence-electron chi connectivity index (χ0n) is 11.2. The van der Waals surface area contributed by atoms with E-state index >= 15 is 0 Å². The van der Waals surface area contributed by atoms with Gasteiger partial charge in [-0.3, -0.25) is 4.98 Å². The molecule has 0 aliphatic carbocycles. The van der Waals surface area contributed by atoms with Gasteiger partial charge in [0.2, 0.25) is 0 Å². The van der Waals surface area contributed by atoms with Crippen LogP contribution in [0.4, 0.5) is 4.39 Å². The van der Waals surface area contributed by atoms with Gasteiger partial charge in [-0.15, -0.1) is 0 Å². The summed E-state index contributed by atoms with van der Waals surface area (Å²) in [6.07, 6.45) is 9.74. The third kappa shape index (κ3) is 5.58. The predicted molar refractivity (Wildman–Crippen MR) is 71.8 cm³/mol. The largest absolute Gasteiger partial charge is 0.387 e. The SMILES string of the molecule is CCCCCCCCCC(O)c1ncccc1F. The van der Waals surface area contributed by atoms with Crippen molar-refractivity contribution < 1.29 is 9.50 Å². The molecule has 0 amide bonds. The number of halogens is 1. The van der Waals surface area contributed by atoms with Crippen molar-refractivity contribution in [3.05, 3.63) is 29.8 Å². The van der Waals surface area contributed by atoms with Crippen molar-refractivity contribution in [1.82, 2.24) is 4.98 Å². The van der Waals surface area contributed by atoms with Crippen molar-refractivity contribution >= 4 is 0 Å².